The molecule has 0 aliphatic rings. The van der Waals surface area contributed by atoms with Gasteiger partial charge in [-0.2, -0.15) is 0 Å². The number of nitrogens with two attached hydrogens (primary N) is 1. The van der Waals surface area contributed by atoms with E-state index in [-0.39, 0.29) is 5.91 Å². The highest BCUT2D eigenvalue weighted by molar-refractivity contribution is 7.13. The number of anilines is 2. The van der Waals surface area contributed by atoms with Crippen molar-refractivity contribution in [3.63, 3.8) is 0 Å². The van der Waals surface area contributed by atoms with Crippen LogP contribution in [0.2, 0.25) is 0 Å². The summed E-state index contributed by atoms with van der Waals surface area (Å²) >= 11 is 1.40. The van der Waals surface area contributed by atoms with Crippen LogP contribution in [-0.2, 0) is 0 Å². The molecular formula is C17H15N3OS. The first-order valence-corrected chi connectivity index (χ1v) is 7.69. The van der Waals surface area contributed by atoms with Crippen LogP contribution in [0.15, 0.2) is 53.9 Å². The van der Waals surface area contributed by atoms with Gasteiger partial charge in [-0.3, -0.25) is 4.79 Å². The van der Waals surface area contributed by atoms with Gasteiger partial charge in [0.25, 0.3) is 5.91 Å². The van der Waals surface area contributed by atoms with E-state index in [1.807, 2.05) is 54.8 Å². The Morgan fingerprint density at radius 1 is 1.18 bits per heavy atom. The molecule has 0 saturated carbocycles. The zero-order chi connectivity index (χ0) is 15.5. The van der Waals surface area contributed by atoms with Crippen LogP contribution >= 0.6 is 11.3 Å². The standard InChI is InChI=1S/C17H15N3OS/c1-11-4-2-6-13(8-11)16(21)19-14-7-3-5-12(9-14)15-10-22-17(18)20-15/h2-10H,1H3,(H2,18,20)(H,19,21). The number of aromatic nitrogens is 1. The summed E-state index contributed by atoms with van der Waals surface area (Å²) in [4.78, 5) is 16.5. The predicted molar refractivity (Wildman–Crippen MR) is 91.1 cm³/mol. The van der Waals surface area contributed by atoms with E-state index < -0.39 is 0 Å². The molecule has 3 N–H and O–H groups in total. The van der Waals surface area contributed by atoms with Crippen LogP contribution in [0.4, 0.5) is 10.8 Å². The third-order valence-electron chi connectivity index (χ3n) is 3.22. The minimum atomic E-state index is -0.126. The zero-order valence-electron chi connectivity index (χ0n) is 12.0. The molecule has 0 aliphatic heterocycles. The number of rotatable bonds is 3. The number of aryl methyl sites for hydroxylation is 1. The summed E-state index contributed by atoms with van der Waals surface area (Å²) in [6.45, 7) is 1.96. The molecule has 5 heteroatoms. The maximum atomic E-state index is 12.3. The van der Waals surface area contributed by atoms with Crippen molar-refractivity contribution in [1.82, 2.24) is 4.98 Å². The molecule has 110 valence electrons. The molecule has 0 spiro atoms. The van der Waals surface area contributed by atoms with Gasteiger partial charge in [-0.1, -0.05) is 29.8 Å². The Bertz CT molecular complexity index is 826. The van der Waals surface area contributed by atoms with Gasteiger partial charge in [0.1, 0.15) is 0 Å². The first kappa shape index (κ1) is 14.3. The van der Waals surface area contributed by atoms with Crippen molar-refractivity contribution in [3.8, 4) is 11.3 Å². The molecule has 3 rings (SSSR count). The van der Waals surface area contributed by atoms with Crippen LogP contribution in [-0.4, -0.2) is 10.9 Å². The fourth-order valence-electron chi connectivity index (χ4n) is 2.17. The molecule has 22 heavy (non-hydrogen) atoms. The van der Waals surface area contributed by atoms with Crippen molar-refractivity contribution in [3.05, 3.63) is 65.0 Å². The fourth-order valence-corrected chi connectivity index (χ4v) is 2.74. The Morgan fingerprint density at radius 2 is 2.00 bits per heavy atom. The van der Waals surface area contributed by atoms with E-state index in [2.05, 4.69) is 10.3 Å². The Morgan fingerprint density at radius 3 is 2.73 bits per heavy atom. The van der Waals surface area contributed by atoms with Crippen LogP contribution in [0.3, 0.4) is 0 Å². The molecule has 1 aromatic heterocycles. The number of nitrogens with one attached hydrogen (secondary N) is 1. The lowest BCUT2D eigenvalue weighted by atomic mass is 10.1. The van der Waals surface area contributed by atoms with Crippen LogP contribution < -0.4 is 11.1 Å². The van der Waals surface area contributed by atoms with Crippen molar-refractivity contribution in [1.29, 1.82) is 0 Å². The summed E-state index contributed by atoms with van der Waals surface area (Å²) in [5.74, 6) is -0.126. The summed E-state index contributed by atoms with van der Waals surface area (Å²) in [7, 11) is 0. The van der Waals surface area contributed by atoms with E-state index in [1.54, 1.807) is 6.07 Å². The van der Waals surface area contributed by atoms with Gasteiger partial charge in [0.15, 0.2) is 5.13 Å². The maximum Gasteiger partial charge on any atom is 0.255 e. The Balaban J connectivity index is 1.82. The summed E-state index contributed by atoms with van der Waals surface area (Å²) in [6, 6.07) is 15.1. The summed E-state index contributed by atoms with van der Waals surface area (Å²) < 4.78 is 0. The molecule has 0 radical (unpaired) electrons. The lowest BCUT2D eigenvalue weighted by molar-refractivity contribution is 0.102. The number of benzene rings is 2. The molecule has 1 amide bonds. The maximum absolute atomic E-state index is 12.3. The molecule has 4 nitrogen and oxygen atoms in total. The van der Waals surface area contributed by atoms with Crippen molar-refractivity contribution < 1.29 is 4.79 Å². The molecule has 0 unspecified atom stereocenters. The largest absolute Gasteiger partial charge is 0.375 e. The van der Waals surface area contributed by atoms with Gasteiger partial charge in [0.05, 0.1) is 5.69 Å². The second-order valence-electron chi connectivity index (χ2n) is 4.98. The first-order valence-electron chi connectivity index (χ1n) is 6.81. The molecule has 0 saturated heterocycles. The third-order valence-corrected chi connectivity index (χ3v) is 3.89. The lowest BCUT2D eigenvalue weighted by Gasteiger charge is -2.07. The van der Waals surface area contributed by atoms with Gasteiger partial charge in [0.2, 0.25) is 0 Å². The van der Waals surface area contributed by atoms with Crippen molar-refractivity contribution in [2.75, 3.05) is 11.1 Å². The van der Waals surface area contributed by atoms with Gasteiger partial charge in [-0.05, 0) is 31.2 Å². The monoisotopic (exact) mass is 309 g/mol. The number of thiazole rings is 1. The van der Waals surface area contributed by atoms with Gasteiger partial charge in [-0.25, -0.2) is 4.98 Å². The highest BCUT2D eigenvalue weighted by atomic mass is 32.1. The number of carbonyl (C=O) groups is 1. The molecule has 0 bridgehead atoms. The molecular weight excluding hydrogens is 294 g/mol. The number of hydrogen-bond acceptors (Lipinski definition) is 4. The highest BCUT2D eigenvalue weighted by Crippen LogP contribution is 2.25. The molecule has 3 aromatic rings. The Hall–Kier alpha value is -2.66. The minimum absolute atomic E-state index is 0.126. The number of amides is 1. The first-order chi connectivity index (χ1) is 10.6. The van der Waals surface area contributed by atoms with Crippen LogP contribution in [0, 0.1) is 6.92 Å². The lowest BCUT2D eigenvalue weighted by Crippen LogP contribution is -2.11. The van der Waals surface area contributed by atoms with E-state index in [1.165, 1.54) is 11.3 Å². The number of hydrogen-bond donors (Lipinski definition) is 2. The second kappa shape index (κ2) is 5.99. The SMILES string of the molecule is Cc1cccc(C(=O)Nc2cccc(-c3csc(N)n3)c2)c1. The Kier molecular flexibility index (Phi) is 3.89. The molecule has 0 fully saturated rings. The van der Waals surface area contributed by atoms with Crippen molar-refractivity contribution in [2.24, 2.45) is 0 Å². The summed E-state index contributed by atoms with van der Waals surface area (Å²) in [5.41, 5.74) is 9.83. The van der Waals surface area contributed by atoms with E-state index in [4.69, 9.17) is 5.73 Å². The van der Waals surface area contributed by atoms with Gasteiger partial charge < -0.3 is 11.1 Å². The van der Waals surface area contributed by atoms with E-state index in [9.17, 15) is 4.79 Å². The molecule has 0 aliphatic carbocycles. The smallest absolute Gasteiger partial charge is 0.255 e. The van der Waals surface area contributed by atoms with E-state index >= 15 is 0 Å². The number of nitrogens with zero attached hydrogens (tertiary/aromatic N) is 1. The van der Waals surface area contributed by atoms with Crippen LogP contribution in [0.25, 0.3) is 11.3 Å². The molecule has 0 atom stereocenters. The Labute approximate surface area is 132 Å². The predicted octanol–water partition coefficient (Wildman–Crippen LogP) is 3.95. The average molecular weight is 309 g/mol. The quantitative estimate of drug-likeness (QED) is 0.769. The van der Waals surface area contributed by atoms with E-state index in [0.29, 0.717) is 10.7 Å². The van der Waals surface area contributed by atoms with E-state index in [0.717, 1.165) is 22.5 Å². The topological polar surface area (TPSA) is 68.0 Å². The van der Waals surface area contributed by atoms with Crippen LogP contribution in [0.1, 0.15) is 15.9 Å². The van der Waals surface area contributed by atoms with Gasteiger partial charge in [-0.15, -0.1) is 11.3 Å². The molecule has 2 aromatic carbocycles. The van der Waals surface area contributed by atoms with Crippen LogP contribution in [0.5, 0.6) is 0 Å². The summed E-state index contributed by atoms with van der Waals surface area (Å²) in [5, 5.41) is 5.34. The highest BCUT2D eigenvalue weighted by Gasteiger charge is 2.08. The number of carbonyl (C=O) groups excluding carboxylic acids is 1. The average Bonchev–Trinajstić information content (AvgIpc) is 2.94. The normalized spacial score (nSPS) is 10.4. The summed E-state index contributed by atoms with van der Waals surface area (Å²) in [6.07, 6.45) is 0. The van der Waals surface area contributed by atoms with Gasteiger partial charge >= 0.3 is 0 Å². The molecule has 1 heterocycles. The zero-order valence-corrected chi connectivity index (χ0v) is 12.9. The fraction of sp³-hybridized carbons (Fsp3) is 0.0588. The third kappa shape index (κ3) is 3.15. The van der Waals surface area contributed by atoms with Crippen molar-refractivity contribution >= 4 is 28.1 Å². The number of nitrogen functional groups attached to an aromatic ring is 1. The minimum Gasteiger partial charge on any atom is -0.375 e. The van der Waals surface area contributed by atoms with Gasteiger partial charge in [0, 0.05) is 22.2 Å². The second-order valence-corrected chi connectivity index (χ2v) is 5.87. The van der Waals surface area contributed by atoms with Crippen molar-refractivity contribution in [2.45, 2.75) is 6.92 Å².